The number of hydrogen-bond donors (Lipinski definition) is 9. The van der Waals surface area contributed by atoms with Gasteiger partial charge in [0.05, 0.1) is 30.5 Å². The van der Waals surface area contributed by atoms with E-state index in [0.717, 1.165) is 0 Å². The Balaban J connectivity index is 1.65. The van der Waals surface area contributed by atoms with E-state index in [1.165, 1.54) is 26.0 Å². The zero-order chi connectivity index (χ0) is 28.8. The molecule has 1 aliphatic carbocycles. The van der Waals surface area contributed by atoms with Crippen molar-refractivity contribution >= 4 is 0 Å². The Labute approximate surface area is 221 Å². The fraction of sp³-hybridized carbons (Fsp3) is 0.920. The molecule has 2 saturated heterocycles. The Morgan fingerprint density at radius 3 is 2.00 bits per heavy atom. The van der Waals surface area contributed by atoms with Crippen LogP contribution in [0.5, 0.6) is 0 Å². The number of aliphatic hydroxyl groups is 9. The van der Waals surface area contributed by atoms with Crippen LogP contribution in [0.1, 0.15) is 47.5 Å². The highest BCUT2D eigenvalue weighted by Crippen LogP contribution is 2.50. The molecule has 222 valence electrons. The molecule has 0 radical (unpaired) electrons. The van der Waals surface area contributed by atoms with E-state index in [2.05, 4.69) is 0 Å². The van der Waals surface area contributed by atoms with Crippen LogP contribution in [0, 0.1) is 5.41 Å². The predicted molar refractivity (Wildman–Crippen MR) is 129 cm³/mol. The van der Waals surface area contributed by atoms with Gasteiger partial charge in [0.1, 0.15) is 48.3 Å². The molecule has 3 rings (SSSR count). The topological polar surface area (TPSA) is 219 Å². The molecule has 13 nitrogen and oxygen atoms in total. The molecule has 14 atom stereocenters. The van der Waals surface area contributed by atoms with Gasteiger partial charge in [0.2, 0.25) is 0 Å². The summed E-state index contributed by atoms with van der Waals surface area (Å²) in [5, 5.41) is 93.5. The molecule has 1 saturated carbocycles. The van der Waals surface area contributed by atoms with Gasteiger partial charge in [-0.05, 0) is 27.2 Å². The minimum atomic E-state index is -1.72. The lowest BCUT2D eigenvalue weighted by atomic mass is 9.57. The zero-order valence-electron chi connectivity index (χ0n) is 22.4. The van der Waals surface area contributed by atoms with E-state index in [9.17, 15) is 46.0 Å². The highest BCUT2D eigenvalue weighted by Gasteiger charge is 2.58. The first-order valence-electron chi connectivity index (χ1n) is 12.9. The first kappa shape index (κ1) is 31.7. The lowest BCUT2D eigenvalue weighted by molar-refractivity contribution is -0.330. The molecular formula is C25H44O13. The van der Waals surface area contributed by atoms with Crippen molar-refractivity contribution < 1.29 is 64.9 Å². The fourth-order valence-corrected chi connectivity index (χ4v) is 5.60. The van der Waals surface area contributed by atoms with E-state index in [1.54, 1.807) is 20.8 Å². The summed E-state index contributed by atoms with van der Waals surface area (Å²) in [6.45, 7) is 7.53. The third kappa shape index (κ3) is 6.10. The van der Waals surface area contributed by atoms with Crippen molar-refractivity contribution in [2.45, 2.75) is 132 Å². The van der Waals surface area contributed by atoms with Gasteiger partial charge in [0.25, 0.3) is 0 Å². The first-order chi connectivity index (χ1) is 17.4. The molecule has 0 aromatic rings. The van der Waals surface area contributed by atoms with Crippen molar-refractivity contribution in [3.05, 3.63) is 12.2 Å². The van der Waals surface area contributed by atoms with Crippen molar-refractivity contribution in [3.8, 4) is 0 Å². The Morgan fingerprint density at radius 1 is 0.816 bits per heavy atom. The summed E-state index contributed by atoms with van der Waals surface area (Å²) in [5.41, 5.74) is -4.24. The van der Waals surface area contributed by atoms with Crippen molar-refractivity contribution in [2.75, 3.05) is 6.61 Å². The average molecular weight is 553 g/mol. The summed E-state index contributed by atoms with van der Waals surface area (Å²) < 4.78 is 22.2. The highest BCUT2D eigenvalue weighted by molar-refractivity contribution is 5.21. The smallest absolute Gasteiger partial charge is 0.187 e. The third-order valence-electron chi connectivity index (χ3n) is 8.09. The molecular weight excluding hydrogens is 508 g/mol. The van der Waals surface area contributed by atoms with Gasteiger partial charge in [-0.25, -0.2) is 0 Å². The lowest BCUT2D eigenvalue weighted by Crippen LogP contribution is -2.65. The van der Waals surface area contributed by atoms with Gasteiger partial charge in [-0.1, -0.05) is 26.0 Å². The van der Waals surface area contributed by atoms with Crippen LogP contribution in [0.3, 0.4) is 0 Å². The predicted octanol–water partition coefficient (Wildman–Crippen LogP) is -2.74. The van der Waals surface area contributed by atoms with Crippen LogP contribution < -0.4 is 0 Å². The summed E-state index contributed by atoms with van der Waals surface area (Å²) in [4.78, 5) is 0. The number of rotatable bonds is 7. The van der Waals surface area contributed by atoms with Crippen molar-refractivity contribution in [1.29, 1.82) is 0 Å². The molecule has 0 spiro atoms. The van der Waals surface area contributed by atoms with E-state index >= 15 is 0 Å². The Bertz CT molecular complexity index is 801. The van der Waals surface area contributed by atoms with Gasteiger partial charge >= 0.3 is 0 Å². The molecule has 13 heteroatoms. The van der Waals surface area contributed by atoms with Crippen LogP contribution in [-0.2, 0) is 18.9 Å². The lowest BCUT2D eigenvalue weighted by Gasteiger charge is -2.55. The van der Waals surface area contributed by atoms with Crippen molar-refractivity contribution in [2.24, 2.45) is 5.41 Å². The summed E-state index contributed by atoms with van der Waals surface area (Å²) in [7, 11) is 0. The van der Waals surface area contributed by atoms with Crippen LogP contribution in [-0.4, -0.2) is 137 Å². The van der Waals surface area contributed by atoms with Crippen LogP contribution in [0.4, 0.5) is 0 Å². The van der Waals surface area contributed by atoms with Crippen LogP contribution in [0.15, 0.2) is 12.2 Å². The Hall–Kier alpha value is -0.780. The largest absolute Gasteiger partial charge is 0.393 e. The van der Waals surface area contributed by atoms with Crippen molar-refractivity contribution in [1.82, 2.24) is 0 Å². The first-order valence-corrected chi connectivity index (χ1v) is 12.9. The fourth-order valence-electron chi connectivity index (χ4n) is 5.60. The Morgan fingerprint density at radius 2 is 1.39 bits per heavy atom. The normalized spacial score (nSPS) is 50.7. The second-order valence-electron chi connectivity index (χ2n) is 11.7. The molecule has 0 bridgehead atoms. The molecule has 0 aromatic heterocycles. The summed E-state index contributed by atoms with van der Waals surface area (Å²) in [6.07, 6.45) is -12.7. The van der Waals surface area contributed by atoms with Gasteiger partial charge < -0.3 is 64.9 Å². The van der Waals surface area contributed by atoms with Crippen LogP contribution >= 0.6 is 0 Å². The number of ether oxygens (including phenoxy) is 4. The maximum Gasteiger partial charge on any atom is 0.187 e. The monoisotopic (exact) mass is 552 g/mol. The average Bonchev–Trinajstić information content (AvgIpc) is 2.81. The third-order valence-corrected chi connectivity index (χ3v) is 8.09. The summed E-state index contributed by atoms with van der Waals surface area (Å²) >= 11 is 0. The Kier molecular flexibility index (Phi) is 9.69. The zero-order valence-corrected chi connectivity index (χ0v) is 22.4. The van der Waals surface area contributed by atoms with E-state index in [0.29, 0.717) is 0 Å². The van der Waals surface area contributed by atoms with Gasteiger partial charge in [-0.15, -0.1) is 0 Å². The summed E-state index contributed by atoms with van der Waals surface area (Å²) in [5.74, 6) is 0. The van der Waals surface area contributed by atoms with Gasteiger partial charge in [-0.3, -0.25) is 0 Å². The number of aliphatic hydroxyl groups excluding tert-OH is 7. The van der Waals surface area contributed by atoms with Crippen LogP contribution in [0.25, 0.3) is 0 Å². The van der Waals surface area contributed by atoms with Gasteiger partial charge in [0, 0.05) is 11.8 Å². The standard InChI is InChI=1S/C25H44O13/c1-11(6-7-25(34)23(3,4)8-13(26)9-24(25,5)33)36-22-20(32)18(30)16(28)14(38-22)10-35-21-19(31)17(29)15(27)12(2)37-21/h6-7,11-22,26-34H,8-10H2,1-5H3/b7-6+/t11-,12+,13+,14-,15+,16-,17-,18+,19-,20-,21-,22-,24+,25+/m1/s1. The molecule has 9 N–H and O–H groups in total. The molecule has 0 amide bonds. The highest BCUT2D eigenvalue weighted by atomic mass is 16.7. The van der Waals surface area contributed by atoms with E-state index in [-0.39, 0.29) is 12.8 Å². The molecule has 38 heavy (non-hydrogen) atoms. The van der Waals surface area contributed by atoms with Gasteiger partial charge in [0.15, 0.2) is 12.6 Å². The molecule has 0 unspecified atom stereocenters. The van der Waals surface area contributed by atoms with Crippen molar-refractivity contribution in [3.63, 3.8) is 0 Å². The molecule has 0 aromatic carbocycles. The van der Waals surface area contributed by atoms with E-state index < -0.39 is 96.8 Å². The minimum Gasteiger partial charge on any atom is -0.393 e. The summed E-state index contributed by atoms with van der Waals surface area (Å²) in [6, 6.07) is 0. The molecule has 3 aliphatic rings. The quantitative estimate of drug-likeness (QED) is 0.147. The maximum absolute atomic E-state index is 11.4. The molecule has 3 fully saturated rings. The number of hydrogen-bond acceptors (Lipinski definition) is 13. The van der Waals surface area contributed by atoms with E-state index in [4.69, 9.17) is 18.9 Å². The maximum atomic E-state index is 11.4. The second-order valence-corrected chi connectivity index (χ2v) is 11.7. The molecule has 2 aliphatic heterocycles. The van der Waals surface area contributed by atoms with Crippen LogP contribution in [0.2, 0.25) is 0 Å². The minimum absolute atomic E-state index is 0.0309. The second kappa shape index (κ2) is 11.6. The molecule has 2 heterocycles. The van der Waals surface area contributed by atoms with Gasteiger partial charge in [-0.2, -0.15) is 0 Å². The SMILES string of the molecule is C[C@H](/C=C/[C@]1(O)C(C)(C)C[C@H](O)C[C@]1(C)O)O[C@@H]1O[C@H](CO[C@@H]2O[C@@H](C)[C@H](O)[C@@H](O)[C@H]2O)[C@@H](O)[C@H](O)[C@H]1O. The van der Waals surface area contributed by atoms with E-state index in [1.807, 2.05) is 0 Å².